The predicted molar refractivity (Wildman–Crippen MR) is 89.0 cm³/mol. The summed E-state index contributed by atoms with van der Waals surface area (Å²) >= 11 is 0. The number of carboxylic acid groups (broad SMARTS) is 1. The first-order valence-electron chi connectivity index (χ1n) is 8.72. The van der Waals surface area contributed by atoms with E-state index >= 15 is 0 Å². The number of hydrogen-bond donors (Lipinski definition) is 1. The highest BCUT2D eigenvalue weighted by molar-refractivity contribution is 5.93. The van der Waals surface area contributed by atoms with Crippen LogP contribution in [0.5, 0.6) is 0 Å². The summed E-state index contributed by atoms with van der Waals surface area (Å²) in [5, 5.41) is 13.3. The molecule has 7 heteroatoms. The zero-order chi connectivity index (χ0) is 17.5. The summed E-state index contributed by atoms with van der Waals surface area (Å²) in [5.74, 6) is -1.03. The van der Waals surface area contributed by atoms with Gasteiger partial charge >= 0.3 is 5.97 Å². The summed E-state index contributed by atoms with van der Waals surface area (Å²) < 4.78 is 7.16. The monoisotopic (exact) mass is 337 g/mol. The molecule has 0 bridgehead atoms. The Hall–Kier alpha value is -1.89. The number of aliphatic carboxylic acids is 1. The fraction of sp³-hybridized carbons (Fsp3) is 0.706. The lowest BCUT2D eigenvalue weighted by Gasteiger charge is -2.34. The SMILES string of the molecule is CCC(CC)n1nccc1C(=O)N(CCC(=O)O)C1CCOCC1. The fourth-order valence-electron chi connectivity index (χ4n) is 3.22. The summed E-state index contributed by atoms with van der Waals surface area (Å²) in [6, 6.07) is 1.93. The largest absolute Gasteiger partial charge is 0.481 e. The molecule has 1 aliphatic heterocycles. The summed E-state index contributed by atoms with van der Waals surface area (Å²) in [4.78, 5) is 25.8. The first-order chi connectivity index (χ1) is 11.6. The van der Waals surface area contributed by atoms with E-state index in [1.54, 1.807) is 21.8 Å². The molecular formula is C17H27N3O4. The van der Waals surface area contributed by atoms with Gasteiger partial charge in [0, 0.05) is 32.0 Å². The molecule has 1 aromatic heterocycles. The second-order valence-corrected chi connectivity index (χ2v) is 6.12. The van der Waals surface area contributed by atoms with E-state index in [1.165, 1.54) is 0 Å². The molecule has 1 N–H and O–H groups in total. The Labute approximate surface area is 142 Å². The van der Waals surface area contributed by atoms with Gasteiger partial charge in [0.15, 0.2) is 0 Å². The van der Waals surface area contributed by atoms with Crippen LogP contribution < -0.4 is 0 Å². The van der Waals surface area contributed by atoms with Crippen LogP contribution in [0.25, 0.3) is 0 Å². The minimum atomic E-state index is -0.895. The van der Waals surface area contributed by atoms with E-state index in [-0.39, 0.29) is 31.0 Å². The van der Waals surface area contributed by atoms with Crippen molar-refractivity contribution in [2.45, 2.75) is 58.0 Å². The van der Waals surface area contributed by atoms with Crippen molar-refractivity contribution in [2.75, 3.05) is 19.8 Å². The number of rotatable bonds is 8. The van der Waals surface area contributed by atoms with Crippen molar-refractivity contribution in [3.63, 3.8) is 0 Å². The fourth-order valence-corrected chi connectivity index (χ4v) is 3.22. The van der Waals surface area contributed by atoms with Crippen molar-refractivity contribution >= 4 is 11.9 Å². The molecular weight excluding hydrogens is 310 g/mol. The van der Waals surface area contributed by atoms with Gasteiger partial charge in [-0.2, -0.15) is 5.10 Å². The molecule has 1 amide bonds. The van der Waals surface area contributed by atoms with Gasteiger partial charge in [-0.05, 0) is 31.7 Å². The van der Waals surface area contributed by atoms with Crippen molar-refractivity contribution in [3.8, 4) is 0 Å². The molecule has 1 aromatic rings. The molecule has 2 rings (SSSR count). The van der Waals surface area contributed by atoms with Crippen LogP contribution >= 0.6 is 0 Å². The third-order valence-electron chi connectivity index (χ3n) is 4.64. The molecule has 24 heavy (non-hydrogen) atoms. The Kier molecular flexibility index (Phi) is 6.78. The molecule has 0 atom stereocenters. The average molecular weight is 337 g/mol. The molecule has 0 aromatic carbocycles. The maximum atomic E-state index is 13.1. The third kappa shape index (κ3) is 4.35. The van der Waals surface area contributed by atoms with Gasteiger partial charge in [-0.15, -0.1) is 0 Å². The minimum absolute atomic E-state index is 0.0238. The first kappa shape index (κ1) is 18.4. The lowest BCUT2D eigenvalue weighted by atomic mass is 10.1. The lowest BCUT2D eigenvalue weighted by molar-refractivity contribution is -0.137. The highest BCUT2D eigenvalue weighted by atomic mass is 16.5. The smallest absolute Gasteiger partial charge is 0.305 e. The van der Waals surface area contributed by atoms with Gasteiger partial charge in [-0.3, -0.25) is 14.3 Å². The van der Waals surface area contributed by atoms with Crippen LogP contribution in [0.1, 0.15) is 62.5 Å². The number of ether oxygens (including phenoxy) is 1. The molecule has 0 unspecified atom stereocenters. The van der Waals surface area contributed by atoms with E-state index in [0.29, 0.717) is 18.9 Å². The average Bonchev–Trinajstić information content (AvgIpc) is 3.06. The highest BCUT2D eigenvalue weighted by Crippen LogP contribution is 2.22. The van der Waals surface area contributed by atoms with Crippen molar-refractivity contribution in [2.24, 2.45) is 0 Å². The molecule has 1 saturated heterocycles. The van der Waals surface area contributed by atoms with E-state index in [2.05, 4.69) is 18.9 Å². The quantitative estimate of drug-likeness (QED) is 0.787. The molecule has 0 spiro atoms. The minimum Gasteiger partial charge on any atom is -0.481 e. The topological polar surface area (TPSA) is 84.7 Å². The zero-order valence-corrected chi connectivity index (χ0v) is 14.5. The van der Waals surface area contributed by atoms with E-state index in [1.807, 2.05) is 0 Å². The molecule has 0 radical (unpaired) electrons. The number of nitrogens with zero attached hydrogens (tertiary/aromatic N) is 3. The Morgan fingerprint density at radius 3 is 2.62 bits per heavy atom. The number of carbonyl (C=O) groups is 2. The summed E-state index contributed by atoms with van der Waals surface area (Å²) in [5.41, 5.74) is 0.542. The van der Waals surface area contributed by atoms with Gasteiger partial charge in [-0.1, -0.05) is 13.8 Å². The second-order valence-electron chi connectivity index (χ2n) is 6.12. The molecule has 7 nitrogen and oxygen atoms in total. The maximum Gasteiger partial charge on any atom is 0.305 e. The Bertz CT molecular complexity index is 548. The number of carboxylic acids is 1. The standard InChI is InChI=1S/C17H27N3O4/c1-3-13(4-2)20-15(5-9-18-20)17(23)19(10-6-16(21)22)14-7-11-24-12-8-14/h5,9,13-14H,3-4,6-8,10-12H2,1-2H3,(H,21,22). The van der Waals surface area contributed by atoms with Crippen LogP contribution in [0.3, 0.4) is 0 Å². The molecule has 0 aliphatic carbocycles. The molecule has 1 fully saturated rings. The first-order valence-corrected chi connectivity index (χ1v) is 8.72. The van der Waals surface area contributed by atoms with E-state index in [9.17, 15) is 9.59 Å². The van der Waals surface area contributed by atoms with Crippen LogP contribution in [-0.2, 0) is 9.53 Å². The Morgan fingerprint density at radius 1 is 1.38 bits per heavy atom. The summed E-state index contributed by atoms with van der Waals surface area (Å²) in [7, 11) is 0. The predicted octanol–water partition coefficient (Wildman–Crippen LogP) is 2.34. The molecule has 1 aliphatic rings. The van der Waals surface area contributed by atoms with Crippen molar-refractivity contribution in [1.29, 1.82) is 0 Å². The van der Waals surface area contributed by atoms with Crippen molar-refractivity contribution in [3.05, 3.63) is 18.0 Å². The van der Waals surface area contributed by atoms with Crippen molar-refractivity contribution < 1.29 is 19.4 Å². The maximum absolute atomic E-state index is 13.1. The number of amides is 1. The Balaban J connectivity index is 2.23. The van der Waals surface area contributed by atoms with Gasteiger partial charge < -0.3 is 14.7 Å². The highest BCUT2D eigenvalue weighted by Gasteiger charge is 2.29. The van der Waals surface area contributed by atoms with Gasteiger partial charge in [-0.25, -0.2) is 0 Å². The normalized spacial score (nSPS) is 15.6. The van der Waals surface area contributed by atoms with E-state index in [4.69, 9.17) is 9.84 Å². The van der Waals surface area contributed by atoms with Crippen LogP contribution in [0.15, 0.2) is 12.3 Å². The van der Waals surface area contributed by atoms with Crippen LogP contribution in [0, 0.1) is 0 Å². The van der Waals surface area contributed by atoms with E-state index < -0.39 is 5.97 Å². The van der Waals surface area contributed by atoms with Gasteiger partial charge in [0.1, 0.15) is 5.69 Å². The number of hydrogen-bond acceptors (Lipinski definition) is 4. The van der Waals surface area contributed by atoms with Crippen LogP contribution in [0.2, 0.25) is 0 Å². The van der Waals surface area contributed by atoms with E-state index in [0.717, 1.165) is 25.7 Å². The molecule has 134 valence electrons. The van der Waals surface area contributed by atoms with Gasteiger partial charge in [0.2, 0.25) is 0 Å². The lowest BCUT2D eigenvalue weighted by Crippen LogP contribution is -2.45. The Morgan fingerprint density at radius 2 is 2.04 bits per heavy atom. The van der Waals surface area contributed by atoms with Crippen LogP contribution in [-0.4, -0.2) is 57.5 Å². The van der Waals surface area contributed by atoms with Gasteiger partial charge in [0.25, 0.3) is 5.91 Å². The molecule has 2 heterocycles. The number of carbonyl (C=O) groups excluding carboxylic acids is 1. The summed E-state index contributed by atoms with van der Waals surface area (Å²) in [6.07, 6.45) is 4.86. The van der Waals surface area contributed by atoms with Crippen LogP contribution in [0.4, 0.5) is 0 Å². The second kappa shape index (κ2) is 8.82. The zero-order valence-electron chi connectivity index (χ0n) is 14.5. The van der Waals surface area contributed by atoms with Gasteiger partial charge in [0.05, 0.1) is 12.5 Å². The molecule has 0 saturated carbocycles. The third-order valence-corrected chi connectivity index (χ3v) is 4.64. The number of aromatic nitrogens is 2. The van der Waals surface area contributed by atoms with Crippen molar-refractivity contribution in [1.82, 2.24) is 14.7 Å². The summed E-state index contributed by atoms with van der Waals surface area (Å²) in [6.45, 7) is 5.57.